The van der Waals surface area contributed by atoms with Crippen molar-refractivity contribution in [2.75, 3.05) is 20.7 Å². The van der Waals surface area contributed by atoms with E-state index in [0.717, 1.165) is 6.20 Å². The van der Waals surface area contributed by atoms with Gasteiger partial charge in [0, 0.05) is 20.3 Å². The number of hydrogen-bond donors (Lipinski definition) is 0. The summed E-state index contributed by atoms with van der Waals surface area (Å²) in [7, 11) is 2.84. The number of ether oxygens (including phenoxy) is 2. The molecule has 0 saturated heterocycles. The van der Waals surface area contributed by atoms with E-state index in [4.69, 9.17) is 0 Å². The molecule has 0 unspecified atom stereocenters. The SMILES string of the molecule is C=CCOC(=O)C(=CN(C)C)C(=O)c1cc(F)c(F)c(OC(F)F)c1F. The van der Waals surface area contributed by atoms with Crippen LogP contribution in [0.1, 0.15) is 10.4 Å². The number of carbonyl (C=O) groups excluding carboxylic acids is 2. The van der Waals surface area contributed by atoms with E-state index in [0.29, 0.717) is 0 Å². The van der Waals surface area contributed by atoms with Crippen molar-refractivity contribution >= 4 is 11.8 Å². The van der Waals surface area contributed by atoms with Crippen LogP contribution in [0.3, 0.4) is 0 Å². The summed E-state index contributed by atoms with van der Waals surface area (Å²) in [5.74, 6) is -10.1. The Morgan fingerprint density at radius 2 is 1.85 bits per heavy atom. The maximum atomic E-state index is 14.2. The molecule has 0 aliphatic carbocycles. The molecule has 0 aromatic heterocycles. The van der Waals surface area contributed by atoms with Crippen LogP contribution >= 0.6 is 0 Å². The molecule has 0 aliphatic rings. The largest absolute Gasteiger partial charge is 0.458 e. The number of ketones is 1. The third-order valence-corrected chi connectivity index (χ3v) is 2.75. The summed E-state index contributed by atoms with van der Waals surface area (Å²) in [6, 6.07) is 0.135. The van der Waals surface area contributed by atoms with E-state index in [9.17, 15) is 31.5 Å². The van der Waals surface area contributed by atoms with Gasteiger partial charge < -0.3 is 14.4 Å². The lowest BCUT2D eigenvalue weighted by Crippen LogP contribution is -2.21. The maximum Gasteiger partial charge on any atom is 0.387 e. The molecule has 0 heterocycles. The van der Waals surface area contributed by atoms with Gasteiger partial charge in [-0.1, -0.05) is 12.7 Å². The monoisotopic (exact) mass is 379 g/mol. The summed E-state index contributed by atoms with van der Waals surface area (Å²) in [4.78, 5) is 25.6. The van der Waals surface area contributed by atoms with Gasteiger partial charge in [0.1, 0.15) is 12.2 Å². The second-order valence-electron chi connectivity index (χ2n) is 4.96. The van der Waals surface area contributed by atoms with E-state index >= 15 is 0 Å². The van der Waals surface area contributed by atoms with Gasteiger partial charge in [0.15, 0.2) is 11.6 Å². The average Bonchev–Trinajstić information content (AvgIpc) is 2.56. The Morgan fingerprint density at radius 1 is 1.23 bits per heavy atom. The van der Waals surface area contributed by atoms with Crippen LogP contribution in [0.2, 0.25) is 0 Å². The molecule has 0 bridgehead atoms. The second kappa shape index (κ2) is 8.97. The molecule has 10 heteroatoms. The van der Waals surface area contributed by atoms with Gasteiger partial charge in [-0.3, -0.25) is 4.79 Å². The van der Waals surface area contributed by atoms with Crippen molar-refractivity contribution in [2.24, 2.45) is 0 Å². The zero-order chi connectivity index (χ0) is 20.0. The Morgan fingerprint density at radius 3 is 2.35 bits per heavy atom. The van der Waals surface area contributed by atoms with Gasteiger partial charge in [0.2, 0.25) is 17.3 Å². The highest BCUT2D eigenvalue weighted by Gasteiger charge is 2.30. The van der Waals surface area contributed by atoms with Crippen molar-refractivity contribution in [1.29, 1.82) is 0 Å². The van der Waals surface area contributed by atoms with Crippen molar-refractivity contribution < 1.29 is 41.0 Å². The third-order valence-electron chi connectivity index (χ3n) is 2.75. The van der Waals surface area contributed by atoms with Crippen LogP contribution in [-0.4, -0.2) is 44.0 Å². The molecule has 1 rings (SSSR count). The molecule has 0 saturated carbocycles. The van der Waals surface area contributed by atoms with Crippen LogP contribution in [-0.2, 0) is 9.53 Å². The summed E-state index contributed by atoms with van der Waals surface area (Å²) < 4.78 is 74.1. The van der Waals surface area contributed by atoms with Crippen molar-refractivity contribution in [1.82, 2.24) is 4.90 Å². The van der Waals surface area contributed by atoms with Crippen LogP contribution in [0.4, 0.5) is 22.0 Å². The lowest BCUT2D eigenvalue weighted by atomic mass is 10.0. The molecule has 0 fully saturated rings. The topological polar surface area (TPSA) is 55.8 Å². The fraction of sp³-hybridized carbons (Fsp3) is 0.250. The summed E-state index contributed by atoms with van der Waals surface area (Å²) in [6.07, 6.45) is 2.14. The maximum absolute atomic E-state index is 14.2. The van der Waals surface area contributed by atoms with E-state index in [1.165, 1.54) is 25.1 Å². The number of rotatable bonds is 8. The lowest BCUT2D eigenvalue weighted by molar-refractivity contribution is -0.137. The first-order valence-electron chi connectivity index (χ1n) is 6.93. The molecule has 0 N–H and O–H groups in total. The van der Waals surface area contributed by atoms with E-state index in [-0.39, 0.29) is 12.7 Å². The predicted octanol–water partition coefficient (Wildman–Crippen LogP) is 3.06. The molecule has 1 aromatic carbocycles. The molecule has 0 radical (unpaired) electrons. The average molecular weight is 379 g/mol. The second-order valence-corrected chi connectivity index (χ2v) is 4.96. The van der Waals surface area contributed by atoms with Gasteiger partial charge in [0.05, 0.1) is 5.56 Å². The third kappa shape index (κ3) is 5.04. The first kappa shape index (κ1) is 21.1. The van der Waals surface area contributed by atoms with E-state index in [1.807, 2.05) is 0 Å². The number of nitrogens with zero attached hydrogens (tertiary/aromatic N) is 1. The molecule has 0 spiro atoms. The molecular formula is C16H14F5NO4. The minimum Gasteiger partial charge on any atom is -0.458 e. The Labute approximate surface area is 145 Å². The number of benzene rings is 1. The zero-order valence-electron chi connectivity index (χ0n) is 13.7. The van der Waals surface area contributed by atoms with Crippen LogP contribution in [0.25, 0.3) is 0 Å². The first-order valence-corrected chi connectivity index (χ1v) is 6.93. The van der Waals surface area contributed by atoms with Gasteiger partial charge in [-0.25, -0.2) is 13.6 Å². The van der Waals surface area contributed by atoms with Crippen LogP contribution in [0.15, 0.2) is 30.5 Å². The molecule has 0 aliphatic heterocycles. The van der Waals surface area contributed by atoms with Crippen LogP contribution < -0.4 is 4.74 Å². The minimum absolute atomic E-state index is 0.135. The van der Waals surface area contributed by atoms with E-state index in [1.54, 1.807) is 0 Å². The Bertz CT molecular complexity index is 747. The van der Waals surface area contributed by atoms with Gasteiger partial charge in [-0.15, -0.1) is 0 Å². The molecule has 142 valence electrons. The molecule has 5 nitrogen and oxygen atoms in total. The highest BCUT2D eigenvalue weighted by molar-refractivity contribution is 6.24. The highest BCUT2D eigenvalue weighted by atomic mass is 19.3. The molecule has 1 aromatic rings. The molecule has 0 atom stereocenters. The fourth-order valence-corrected chi connectivity index (χ4v) is 1.76. The minimum atomic E-state index is -3.67. The quantitative estimate of drug-likeness (QED) is 0.102. The Kier molecular flexibility index (Phi) is 7.29. The number of carbonyl (C=O) groups is 2. The summed E-state index contributed by atoms with van der Waals surface area (Å²) in [5.41, 5.74) is -1.92. The number of halogens is 5. The zero-order valence-corrected chi connectivity index (χ0v) is 13.7. The normalized spacial score (nSPS) is 11.3. The van der Waals surface area contributed by atoms with Gasteiger partial charge >= 0.3 is 12.6 Å². The van der Waals surface area contributed by atoms with E-state index in [2.05, 4.69) is 16.1 Å². The number of alkyl halides is 2. The number of Topliss-reactive ketones (excluding diaryl/α,β-unsaturated/α-hetero) is 1. The smallest absolute Gasteiger partial charge is 0.387 e. The van der Waals surface area contributed by atoms with Crippen molar-refractivity contribution in [3.8, 4) is 5.75 Å². The Hall–Kier alpha value is -2.91. The standard InChI is InChI=1S/C16H14F5NO4/c1-4-5-25-15(24)9(7-22(2)3)13(23)8-6-10(17)12(19)14(11(8)18)26-16(20)21/h4,6-7,16H,1,5H2,2-3H3. The van der Waals surface area contributed by atoms with Gasteiger partial charge in [-0.05, 0) is 6.07 Å². The molecule has 0 amide bonds. The van der Waals surface area contributed by atoms with Gasteiger partial charge in [-0.2, -0.15) is 13.2 Å². The van der Waals surface area contributed by atoms with Crippen molar-refractivity contribution in [2.45, 2.75) is 6.61 Å². The van der Waals surface area contributed by atoms with Crippen LogP contribution in [0.5, 0.6) is 5.75 Å². The van der Waals surface area contributed by atoms with Crippen molar-refractivity contribution in [3.05, 3.63) is 53.5 Å². The fourth-order valence-electron chi connectivity index (χ4n) is 1.76. The Balaban J connectivity index is 3.46. The van der Waals surface area contributed by atoms with E-state index < -0.39 is 52.7 Å². The molecule has 26 heavy (non-hydrogen) atoms. The summed E-state index contributed by atoms with van der Waals surface area (Å²) in [6.45, 7) is -0.650. The van der Waals surface area contributed by atoms with Crippen LogP contribution in [0, 0.1) is 17.5 Å². The predicted molar refractivity (Wildman–Crippen MR) is 80.2 cm³/mol. The van der Waals surface area contributed by atoms with Gasteiger partial charge in [0.25, 0.3) is 0 Å². The summed E-state index contributed by atoms with van der Waals surface area (Å²) >= 11 is 0. The first-order chi connectivity index (χ1) is 12.1. The number of esters is 1. The lowest BCUT2D eigenvalue weighted by Gasteiger charge is -2.13. The number of hydrogen-bond acceptors (Lipinski definition) is 5. The summed E-state index contributed by atoms with van der Waals surface area (Å²) in [5, 5.41) is 0. The van der Waals surface area contributed by atoms with Crippen molar-refractivity contribution in [3.63, 3.8) is 0 Å². The molecular weight excluding hydrogens is 365 g/mol. The highest BCUT2D eigenvalue weighted by Crippen LogP contribution is 2.30.